The van der Waals surface area contributed by atoms with Crippen molar-refractivity contribution in [1.29, 1.82) is 0 Å². The maximum Gasteiger partial charge on any atom is 0.305 e. The average molecular weight is 441 g/mol. The number of fused-ring (bicyclic) bond motifs is 1. The van der Waals surface area contributed by atoms with Crippen LogP contribution in [0.3, 0.4) is 0 Å². The van der Waals surface area contributed by atoms with Crippen molar-refractivity contribution < 1.29 is 19.5 Å². The summed E-state index contributed by atoms with van der Waals surface area (Å²) in [5.74, 6) is -0.524. The molecule has 3 N–H and O–H groups in total. The van der Waals surface area contributed by atoms with E-state index in [-0.39, 0.29) is 5.91 Å². The largest absolute Gasteiger partial charge is 0.481 e. The molecule has 1 atom stereocenters. The van der Waals surface area contributed by atoms with Crippen LogP contribution in [0.2, 0.25) is 0 Å². The third-order valence-corrected chi connectivity index (χ3v) is 7.08. The number of carbonyl (C=O) groups is 3. The third-order valence-electron chi connectivity index (χ3n) is 7.08. The van der Waals surface area contributed by atoms with Gasteiger partial charge in [-0.25, -0.2) is 0 Å². The van der Waals surface area contributed by atoms with Crippen LogP contribution in [-0.4, -0.2) is 76.9 Å². The third kappa shape index (κ3) is 5.12. The van der Waals surface area contributed by atoms with Gasteiger partial charge in [0.25, 0.3) is 5.91 Å². The lowest BCUT2D eigenvalue weighted by Crippen LogP contribution is -2.52. The van der Waals surface area contributed by atoms with Gasteiger partial charge in [-0.1, -0.05) is 6.07 Å². The van der Waals surface area contributed by atoms with E-state index in [4.69, 9.17) is 0 Å². The van der Waals surface area contributed by atoms with Gasteiger partial charge in [0.05, 0.1) is 6.42 Å². The Balaban J connectivity index is 1.37. The zero-order chi connectivity index (χ0) is 22.7. The molecule has 2 aliphatic heterocycles. The zero-order valence-electron chi connectivity index (χ0n) is 18.5. The molecule has 2 amide bonds. The first-order valence-electron chi connectivity index (χ1n) is 11.5. The maximum atomic E-state index is 13.1. The van der Waals surface area contributed by atoms with E-state index in [0.717, 1.165) is 36.8 Å². The molecule has 0 bridgehead atoms. The van der Waals surface area contributed by atoms with Gasteiger partial charge in [-0.3, -0.25) is 14.4 Å². The molecule has 2 saturated heterocycles. The molecule has 0 radical (unpaired) electrons. The Kier molecular flexibility index (Phi) is 6.79. The fourth-order valence-electron chi connectivity index (χ4n) is 5.12. The van der Waals surface area contributed by atoms with Crippen molar-refractivity contribution in [2.45, 2.75) is 38.1 Å². The summed E-state index contributed by atoms with van der Waals surface area (Å²) in [6.45, 7) is 3.50. The van der Waals surface area contributed by atoms with E-state index in [1.54, 1.807) is 23.2 Å². The highest BCUT2D eigenvalue weighted by Gasteiger charge is 2.34. The SMILES string of the molecule is CN1CCC(C2CCN(C(=O)[C@@H](CC(=O)O)NC(=O)c3ccc4cc[nH]c4c3)CC2)CC1. The highest BCUT2D eigenvalue weighted by atomic mass is 16.4. The normalized spacial score (nSPS) is 19.7. The first-order chi connectivity index (χ1) is 15.4. The fraction of sp³-hybridized carbons (Fsp3) is 0.542. The summed E-state index contributed by atoms with van der Waals surface area (Å²) in [7, 11) is 2.16. The second kappa shape index (κ2) is 9.73. The smallest absolute Gasteiger partial charge is 0.305 e. The average Bonchev–Trinajstić information content (AvgIpc) is 3.26. The van der Waals surface area contributed by atoms with Gasteiger partial charge < -0.3 is 25.2 Å². The number of benzene rings is 1. The molecule has 0 aliphatic carbocycles. The van der Waals surface area contributed by atoms with Crippen LogP contribution < -0.4 is 5.32 Å². The number of nitrogens with one attached hydrogen (secondary N) is 2. The number of H-pyrrole nitrogens is 1. The van der Waals surface area contributed by atoms with E-state index < -0.39 is 24.3 Å². The first-order valence-corrected chi connectivity index (χ1v) is 11.5. The Labute approximate surface area is 187 Å². The van der Waals surface area contributed by atoms with Crippen molar-refractivity contribution in [2.24, 2.45) is 11.8 Å². The number of aromatic nitrogens is 1. The number of hydrogen-bond acceptors (Lipinski definition) is 4. The van der Waals surface area contributed by atoms with Crippen molar-refractivity contribution in [1.82, 2.24) is 20.1 Å². The summed E-state index contributed by atoms with van der Waals surface area (Å²) in [6, 6.07) is 6.05. The maximum absolute atomic E-state index is 13.1. The second-order valence-corrected chi connectivity index (χ2v) is 9.21. The minimum absolute atomic E-state index is 0.302. The molecule has 0 saturated carbocycles. The van der Waals surface area contributed by atoms with Crippen LogP contribution >= 0.6 is 0 Å². The topological polar surface area (TPSA) is 106 Å². The molecule has 32 heavy (non-hydrogen) atoms. The standard InChI is InChI=1S/C24H32N4O4/c1-27-10-5-16(6-11-27)17-7-12-28(13-8-17)24(32)21(15-22(29)30)26-23(31)19-3-2-18-4-9-25-20(18)14-19/h2-4,9,14,16-17,21,25H,5-8,10-13,15H2,1H3,(H,26,31)(H,29,30)/t21-/m1/s1. The van der Waals surface area contributed by atoms with Gasteiger partial charge in [0.1, 0.15) is 6.04 Å². The molecule has 3 heterocycles. The summed E-state index contributed by atoms with van der Waals surface area (Å²) < 4.78 is 0. The van der Waals surface area contributed by atoms with Crippen molar-refractivity contribution >= 4 is 28.7 Å². The van der Waals surface area contributed by atoms with E-state index in [0.29, 0.717) is 30.5 Å². The van der Waals surface area contributed by atoms with Crippen molar-refractivity contribution in [3.8, 4) is 0 Å². The van der Waals surface area contributed by atoms with E-state index in [9.17, 15) is 19.5 Å². The van der Waals surface area contributed by atoms with Gasteiger partial charge in [-0.2, -0.15) is 0 Å². The molecular formula is C24H32N4O4. The molecule has 0 spiro atoms. The number of aromatic amines is 1. The number of carbonyl (C=O) groups excluding carboxylic acids is 2. The number of amides is 2. The van der Waals surface area contributed by atoms with Crippen LogP contribution in [0, 0.1) is 11.8 Å². The Hall–Kier alpha value is -2.87. The highest BCUT2D eigenvalue weighted by Crippen LogP contribution is 2.32. The molecule has 8 nitrogen and oxygen atoms in total. The molecular weight excluding hydrogens is 408 g/mol. The highest BCUT2D eigenvalue weighted by molar-refractivity contribution is 6.00. The molecule has 4 rings (SSSR count). The first kappa shape index (κ1) is 22.3. The Bertz CT molecular complexity index is 971. The number of likely N-dealkylation sites (tertiary alicyclic amines) is 2. The number of carboxylic acid groups (broad SMARTS) is 1. The number of aliphatic carboxylic acids is 1. The second-order valence-electron chi connectivity index (χ2n) is 9.21. The summed E-state index contributed by atoms with van der Waals surface area (Å²) in [5, 5.41) is 13.0. The lowest BCUT2D eigenvalue weighted by Gasteiger charge is -2.40. The number of piperidine rings is 2. The molecule has 172 valence electrons. The summed E-state index contributed by atoms with van der Waals surface area (Å²) in [4.78, 5) is 44.5. The molecule has 2 aliphatic rings. The fourth-order valence-corrected chi connectivity index (χ4v) is 5.12. The Morgan fingerprint density at radius 2 is 1.72 bits per heavy atom. The number of hydrogen-bond donors (Lipinski definition) is 3. The monoisotopic (exact) mass is 440 g/mol. The molecule has 1 aromatic carbocycles. The predicted molar refractivity (Wildman–Crippen MR) is 121 cm³/mol. The summed E-state index contributed by atoms with van der Waals surface area (Å²) in [5.41, 5.74) is 1.21. The van der Waals surface area contributed by atoms with Gasteiger partial charge in [-0.15, -0.1) is 0 Å². The van der Waals surface area contributed by atoms with Crippen molar-refractivity contribution in [3.05, 3.63) is 36.0 Å². The van der Waals surface area contributed by atoms with Crippen LogP contribution in [0.5, 0.6) is 0 Å². The van der Waals surface area contributed by atoms with Crippen LogP contribution in [0.15, 0.2) is 30.5 Å². The molecule has 2 fully saturated rings. The molecule has 0 unspecified atom stereocenters. The van der Waals surface area contributed by atoms with Gasteiger partial charge in [0, 0.05) is 30.4 Å². The van der Waals surface area contributed by atoms with E-state index in [1.807, 2.05) is 12.1 Å². The van der Waals surface area contributed by atoms with Crippen LogP contribution in [0.1, 0.15) is 42.5 Å². The van der Waals surface area contributed by atoms with E-state index in [1.165, 1.54) is 12.8 Å². The lowest BCUT2D eigenvalue weighted by atomic mass is 9.79. The minimum atomic E-state index is -1.11. The van der Waals surface area contributed by atoms with Gasteiger partial charge >= 0.3 is 5.97 Å². The number of rotatable bonds is 6. The predicted octanol–water partition coefficient (Wildman–Crippen LogP) is 2.32. The summed E-state index contributed by atoms with van der Waals surface area (Å²) >= 11 is 0. The van der Waals surface area contributed by atoms with Crippen molar-refractivity contribution in [3.63, 3.8) is 0 Å². The van der Waals surface area contributed by atoms with Gasteiger partial charge in [0.2, 0.25) is 5.91 Å². The van der Waals surface area contributed by atoms with Crippen LogP contribution in [-0.2, 0) is 9.59 Å². The van der Waals surface area contributed by atoms with Crippen LogP contribution in [0.4, 0.5) is 0 Å². The molecule has 8 heteroatoms. The minimum Gasteiger partial charge on any atom is -0.481 e. The Morgan fingerprint density at radius 3 is 2.38 bits per heavy atom. The van der Waals surface area contributed by atoms with Crippen LogP contribution in [0.25, 0.3) is 10.9 Å². The van der Waals surface area contributed by atoms with Crippen molar-refractivity contribution in [2.75, 3.05) is 33.2 Å². The Morgan fingerprint density at radius 1 is 1.06 bits per heavy atom. The van der Waals surface area contributed by atoms with E-state index >= 15 is 0 Å². The number of nitrogens with zero attached hydrogens (tertiary/aromatic N) is 2. The summed E-state index contributed by atoms with van der Waals surface area (Å²) in [6.07, 6.45) is 5.66. The van der Waals surface area contributed by atoms with E-state index in [2.05, 4.69) is 22.2 Å². The molecule has 1 aromatic heterocycles. The van der Waals surface area contributed by atoms with Gasteiger partial charge in [0.15, 0.2) is 0 Å². The zero-order valence-corrected chi connectivity index (χ0v) is 18.5. The number of carboxylic acids is 1. The quantitative estimate of drug-likeness (QED) is 0.639. The lowest BCUT2D eigenvalue weighted by molar-refractivity contribution is -0.143. The molecule has 2 aromatic rings. The van der Waals surface area contributed by atoms with Gasteiger partial charge in [-0.05, 0) is 81.2 Å².